The number of hydrogen-bond donors (Lipinski definition) is 2. The van der Waals surface area contributed by atoms with Gasteiger partial charge in [-0.05, 0) is 17.2 Å². The molecule has 1 amide bonds. The first kappa shape index (κ1) is 20.7. The minimum absolute atomic E-state index is 0.00163. The molecular weight excluding hydrogens is 374 g/mol. The van der Waals surface area contributed by atoms with Crippen molar-refractivity contribution in [1.29, 1.82) is 5.26 Å². The predicted octanol–water partition coefficient (Wildman–Crippen LogP) is 4.10. The van der Waals surface area contributed by atoms with Crippen molar-refractivity contribution in [3.05, 3.63) is 113 Å². The summed E-state index contributed by atoms with van der Waals surface area (Å²) >= 11 is 0. The van der Waals surface area contributed by atoms with Crippen molar-refractivity contribution in [3.63, 3.8) is 0 Å². The first-order chi connectivity index (χ1) is 14.7. The number of nitriles is 1. The van der Waals surface area contributed by atoms with Gasteiger partial charge < -0.3 is 15.4 Å². The van der Waals surface area contributed by atoms with E-state index in [-0.39, 0.29) is 11.6 Å². The number of carbonyl (C=O) groups excluding carboxylic acids is 1. The lowest BCUT2D eigenvalue weighted by molar-refractivity contribution is -0.117. The van der Waals surface area contributed by atoms with Crippen LogP contribution in [0.4, 0.5) is 0 Å². The van der Waals surface area contributed by atoms with Gasteiger partial charge in [-0.2, -0.15) is 5.26 Å². The molecule has 0 radical (unpaired) electrons. The summed E-state index contributed by atoms with van der Waals surface area (Å²) in [7, 11) is 1.61. The number of ether oxygens (including phenoxy) is 1. The molecule has 5 nitrogen and oxygen atoms in total. The van der Waals surface area contributed by atoms with E-state index in [2.05, 4.69) is 10.6 Å². The Hall–Kier alpha value is -4.04. The summed E-state index contributed by atoms with van der Waals surface area (Å²) in [6.45, 7) is 0.434. The molecule has 0 spiro atoms. The molecule has 0 atom stereocenters. The Labute approximate surface area is 176 Å². The van der Waals surface area contributed by atoms with Crippen LogP contribution in [0.2, 0.25) is 0 Å². The zero-order valence-corrected chi connectivity index (χ0v) is 16.7. The van der Waals surface area contributed by atoms with Gasteiger partial charge in [0.15, 0.2) is 0 Å². The minimum Gasteiger partial charge on any atom is -0.496 e. The number of rotatable bonds is 8. The second-order valence-electron chi connectivity index (χ2n) is 6.59. The zero-order valence-electron chi connectivity index (χ0n) is 16.7. The highest BCUT2D eigenvalue weighted by molar-refractivity contribution is 5.97. The Bertz CT molecular complexity index is 1000. The second-order valence-corrected chi connectivity index (χ2v) is 6.59. The molecule has 0 heterocycles. The maximum Gasteiger partial charge on any atom is 0.264 e. The number of nitrogens with zero attached hydrogens (tertiary/aromatic N) is 1. The van der Waals surface area contributed by atoms with E-state index in [1.807, 2.05) is 91.0 Å². The van der Waals surface area contributed by atoms with Gasteiger partial charge in [0.2, 0.25) is 0 Å². The maximum absolute atomic E-state index is 12.8. The van der Waals surface area contributed by atoms with Gasteiger partial charge in [-0.15, -0.1) is 0 Å². The van der Waals surface area contributed by atoms with Gasteiger partial charge in [-0.25, -0.2) is 0 Å². The molecular formula is C25H23N3O2. The number of amides is 1. The predicted molar refractivity (Wildman–Crippen MR) is 116 cm³/mol. The molecule has 0 aromatic heterocycles. The van der Waals surface area contributed by atoms with Crippen molar-refractivity contribution in [1.82, 2.24) is 10.6 Å². The Morgan fingerprint density at radius 2 is 1.53 bits per heavy atom. The van der Waals surface area contributed by atoms with Gasteiger partial charge in [0, 0.05) is 18.3 Å². The van der Waals surface area contributed by atoms with Crippen LogP contribution in [0.1, 0.15) is 22.7 Å². The summed E-state index contributed by atoms with van der Waals surface area (Å²) in [6, 6.07) is 28.6. The highest BCUT2D eigenvalue weighted by atomic mass is 16.5. The van der Waals surface area contributed by atoms with Gasteiger partial charge in [0.1, 0.15) is 17.4 Å². The molecule has 3 aromatic rings. The number of nitrogens with one attached hydrogen (secondary N) is 2. The van der Waals surface area contributed by atoms with Crippen molar-refractivity contribution in [3.8, 4) is 11.8 Å². The smallest absolute Gasteiger partial charge is 0.264 e. The fraction of sp³-hybridized carbons (Fsp3) is 0.120. The van der Waals surface area contributed by atoms with Crippen LogP contribution >= 0.6 is 0 Å². The third-order valence-electron chi connectivity index (χ3n) is 4.64. The molecule has 150 valence electrons. The molecule has 3 aromatic carbocycles. The van der Waals surface area contributed by atoms with Crippen molar-refractivity contribution in [2.75, 3.05) is 7.11 Å². The van der Waals surface area contributed by atoms with Crippen LogP contribution < -0.4 is 15.4 Å². The number of carbonyl (C=O) groups is 1. The first-order valence-corrected chi connectivity index (χ1v) is 9.59. The Kier molecular flexibility index (Phi) is 7.23. The highest BCUT2D eigenvalue weighted by Crippen LogP contribution is 2.22. The molecule has 0 bridgehead atoms. The standard InChI is InChI=1S/C25H23N3O2/c1-30-23-15-9-8-14-21(23)17-27-18-22(16-26)25(29)28-24(19-10-4-2-5-11-19)20-12-6-3-7-13-20/h2-15,18,24,27H,17H2,1H3,(H,28,29)/b22-18-. The monoisotopic (exact) mass is 397 g/mol. The third kappa shape index (κ3) is 5.27. The van der Waals surface area contributed by atoms with Crippen LogP contribution in [-0.4, -0.2) is 13.0 Å². The molecule has 0 unspecified atom stereocenters. The maximum atomic E-state index is 12.8. The van der Waals surface area contributed by atoms with E-state index in [0.29, 0.717) is 6.54 Å². The summed E-state index contributed by atoms with van der Waals surface area (Å²) < 4.78 is 5.32. The molecule has 5 heteroatoms. The molecule has 30 heavy (non-hydrogen) atoms. The van der Waals surface area contributed by atoms with E-state index in [0.717, 1.165) is 22.4 Å². The van der Waals surface area contributed by atoms with Crippen LogP contribution in [0.3, 0.4) is 0 Å². The molecule has 0 aliphatic heterocycles. The lowest BCUT2D eigenvalue weighted by Crippen LogP contribution is -2.30. The summed E-state index contributed by atoms with van der Waals surface area (Å²) in [5.74, 6) is 0.303. The lowest BCUT2D eigenvalue weighted by Gasteiger charge is -2.19. The fourth-order valence-corrected chi connectivity index (χ4v) is 3.12. The molecule has 0 saturated carbocycles. The fourth-order valence-electron chi connectivity index (χ4n) is 3.12. The van der Waals surface area contributed by atoms with Crippen LogP contribution in [0.5, 0.6) is 5.75 Å². The summed E-state index contributed by atoms with van der Waals surface area (Å²) in [5.41, 5.74) is 2.81. The highest BCUT2D eigenvalue weighted by Gasteiger charge is 2.19. The van der Waals surface area contributed by atoms with Gasteiger partial charge in [0.25, 0.3) is 5.91 Å². The lowest BCUT2D eigenvalue weighted by atomic mass is 9.98. The molecule has 0 saturated heterocycles. The van der Waals surface area contributed by atoms with Gasteiger partial charge in [-0.1, -0.05) is 78.9 Å². The summed E-state index contributed by atoms with van der Waals surface area (Å²) in [4.78, 5) is 12.8. The Morgan fingerprint density at radius 3 is 2.10 bits per heavy atom. The van der Waals surface area contributed by atoms with E-state index < -0.39 is 5.91 Å². The number of benzene rings is 3. The van der Waals surface area contributed by atoms with E-state index in [4.69, 9.17) is 4.74 Å². The van der Waals surface area contributed by atoms with Crippen molar-refractivity contribution in [2.24, 2.45) is 0 Å². The molecule has 2 N–H and O–H groups in total. The van der Waals surface area contributed by atoms with Gasteiger partial charge >= 0.3 is 0 Å². The van der Waals surface area contributed by atoms with Crippen molar-refractivity contribution >= 4 is 5.91 Å². The van der Waals surface area contributed by atoms with Crippen molar-refractivity contribution < 1.29 is 9.53 Å². The number of hydrogen-bond acceptors (Lipinski definition) is 4. The normalized spacial score (nSPS) is 10.9. The quantitative estimate of drug-likeness (QED) is 0.443. The molecule has 0 fully saturated rings. The zero-order chi connectivity index (χ0) is 21.2. The topological polar surface area (TPSA) is 74.1 Å². The second kappa shape index (κ2) is 10.5. The third-order valence-corrected chi connectivity index (χ3v) is 4.64. The van der Waals surface area contributed by atoms with E-state index in [1.165, 1.54) is 6.20 Å². The minimum atomic E-state index is -0.442. The Balaban J connectivity index is 1.75. The van der Waals surface area contributed by atoms with Crippen molar-refractivity contribution in [2.45, 2.75) is 12.6 Å². The largest absolute Gasteiger partial charge is 0.496 e. The van der Waals surface area contributed by atoms with Crippen LogP contribution in [0.25, 0.3) is 0 Å². The average Bonchev–Trinajstić information content (AvgIpc) is 2.81. The van der Waals surface area contributed by atoms with E-state index >= 15 is 0 Å². The average molecular weight is 397 g/mol. The van der Waals surface area contributed by atoms with Crippen LogP contribution in [0, 0.1) is 11.3 Å². The van der Waals surface area contributed by atoms with Gasteiger partial charge in [-0.3, -0.25) is 4.79 Å². The Morgan fingerprint density at radius 1 is 0.967 bits per heavy atom. The van der Waals surface area contributed by atoms with Crippen LogP contribution in [-0.2, 0) is 11.3 Å². The summed E-state index contributed by atoms with van der Waals surface area (Å²) in [5, 5.41) is 15.5. The first-order valence-electron chi connectivity index (χ1n) is 9.59. The van der Waals surface area contributed by atoms with E-state index in [9.17, 15) is 10.1 Å². The van der Waals surface area contributed by atoms with Gasteiger partial charge in [0.05, 0.1) is 13.2 Å². The number of methoxy groups -OCH3 is 1. The molecule has 0 aliphatic rings. The molecule has 0 aliphatic carbocycles. The van der Waals surface area contributed by atoms with E-state index in [1.54, 1.807) is 7.11 Å². The SMILES string of the molecule is COc1ccccc1CN/C=C(/C#N)C(=O)NC(c1ccccc1)c1ccccc1. The van der Waals surface area contributed by atoms with Crippen LogP contribution in [0.15, 0.2) is 96.7 Å². The number of para-hydroxylation sites is 1. The molecule has 3 rings (SSSR count). The summed E-state index contributed by atoms with van der Waals surface area (Å²) in [6.07, 6.45) is 1.44.